The number of hydrogen-bond donors (Lipinski definition) is 0. The predicted molar refractivity (Wildman–Crippen MR) is 111 cm³/mol. The largest absolute Gasteiger partial charge is 0.496 e. The molecular weight excluding hydrogens is 350 g/mol. The van der Waals surface area contributed by atoms with Crippen LogP contribution < -0.4 is 9.64 Å². The van der Waals surface area contributed by atoms with Gasteiger partial charge in [-0.05, 0) is 32.4 Å². The lowest BCUT2D eigenvalue weighted by molar-refractivity contribution is -0.0103. The van der Waals surface area contributed by atoms with Gasteiger partial charge in [0, 0.05) is 56.1 Å². The summed E-state index contributed by atoms with van der Waals surface area (Å²) in [4.78, 5) is 14.6. The van der Waals surface area contributed by atoms with Crippen LogP contribution in [-0.4, -0.2) is 51.7 Å². The van der Waals surface area contributed by atoms with Crippen LogP contribution >= 0.6 is 0 Å². The summed E-state index contributed by atoms with van der Waals surface area (Å²) in [5.41, 5.74) is 5.66. The SMILES string of the molecule is COc1c(C)cnc(CN2C3CC2CN(c2nc4ccccc4n2C)C3)c1C. The van der Waals surface area contributed by atoms with Gasteiger partial charge in [-0.25, -0.2) is 4.98 Å². The van der Waals surface area contributed by atoms with Crippen molar-refractivity contribution in [2.45, 2.75) is 38.9 Å². The number of methoxy groups -OCH3 is 1. The van der Waals surface area contributed by atoms with Crippen molar-refractivity contribution >= 4 is 17.0 Å². The van der Waals surface area contributed by atoms with Gasteiger partial charge in [-0.15, -0.1) is 0 Å². The summed E-state index contributed by atoms with van der Waals surface area (Å²) in [5.74, 6) is 2.05. The molecule has 6 heteroatoms. The number of imidazole rings is 1. The maximum Gasteiger partial charge on any atom is 0.206 e. The second kappa shape index (κ2) is 6.48. The molecule has 3 saturated heterocycles. The van der Waals surface area contributed by atoms with E-state index in [4.69, 9.17) is 14.7 Å². The molecule has 0 aliphatic carbocycles. The first-order valence-corrected chi connectivity index (χ1v) is 9.98. The van der Waals surface area contributed by atoms with E-state index < -0.39 is 0 Å². The first-order chi connectivity index (χ1) is 13.6. The number of piperazine rings is 1. The van der Waals surface area contributed by atoms with E-state index in [-0.39, 0.29) is 0 Å². The summed E-state index contributed by atoms with van der Waals surface area (Å²) in [6.07, 6.45) is 3.20. The fourth-order valence-electron chi connectivity index (χ4n) is 4.93. The van der Waals surface area contributed by atoms with Crippen LogP contribution in [0.4, 0.5) is 5.95 Å². The lowest BCUT2D eigenvalue weighted by Crippen LogP contribution is -2.68. The van der Waals surface area contributed by atoms with Gasteiger partial charge < -0.3 is 14.2 Å². The van der Waals surface area contributed by atoms with E-state index in [9.17, 15) is 0 Å². The maximum absolute atomic E-state index is 5.58. The smallest absolute Gasteiger partial charge is 0.206 e. The van der Waals surface area contributed by atoms with Gasteiger partial charge in [0.2, 0.25) is 5.95 Å². The number of benzene rings is 1. The van der Waals surface area contributed by atoms with Crippen molar-refractivity contribution in [2.75, 3.05) is 25.1 Å². The molecule has 6 rings (SSSR count). The summed E-state index contributed by atoms with van der Waals surface area (Å²) in [6, 6.07) is 9.49. The third-order valence-corrected chi connectivity index (χ3v) is 6.47. The van der Waals surface area contributed by atoms with Crippen LogP contribution in [0.1, 0.15) is 23.2 Å². The molecule has 5 heterocycles. The molecule has 3 aliphatic rings. The normalized spacial score (nSPS) is 21.8. The average Bonchev–Trinajstić information content (AvgIpc) is 3.05. The van der Waals surface area contributed by atoms with Gasteiger partial charge >= 0.3 is 0 Å². The van der Waals surface area contributed by atoms with E-state index in [0.717, 1.165) is 48.1 Å². The molecule has 2 aromatic heterocycles. The molecule has 3 aromatic rings. The third-order valence-electron chi connectivity index (χ3n) is 6.47. The van der Waals surface area contributed by atoms with Crippen molar-refractivity contribution in [1.82, 2.24) is 19.4 Å². The molecule has 0 saturated carbocycles. The number of aromatic nitrogens is 3. The Hall–Kier alpha value is -2.60. The topological polar surface area (TPSA) is 46.4 Å². The minimum atomic E-state index is 0.562. The monoisotopic (exact) mass is 377 g/mol. The van der Waals surface area contributed by atoms with Crippen molar-refractivity contribution in [3.05, 3.63) is 47.3 Å². The van der Waals surface area contributed by atoms with Crippen LogP contribution in [0.5, 0.6) is 5.75 Å². The summed E-state index contributed by atoms with van der Waals surface area (Å²) in [6.45, 7) is 7.12. The number of anilines is 1. The first kappa shape index (κ1) is 17.5. The number of piperidine rings is 1. The number of fused-ring (bicyclic) bond motifs is 3. The van der Waals surface area contributed by atoms with E-state index in [2.05, 4.69) is 59.5 Å². The third kappa shape index (κ3) is 2.58. The molecule has 0 radical (unpaired) electrons. The van der Waals surface area contributed by atoms with Crippen LogP contribution in [0.25, 0.3) is 11.0 Å². The first-order valence-electron chi connectivity index (χ1n) is 9.98. The zero-order chi connectivity index (χ0) is 19.4. The number of ether oxygens (including phenoxy) is 1. The number of rotatable bonds is 4. The Morgan fingerprint density at radius 1 is 1.14 bits per heavy atom. The standard InChI is InChI=1S/C22H27N5O/c1-14-10-23-19(15(2)21(14)28-4)13-27-16-9-17(27)12-26(11-16)22-24-18-7-5-6-8-20(18)25(22)3/h5-8,10,16-17H,9,11-13H2,1-4H3. The summed E-state index contributed by atoms with van der Waals surface area (Å²) >= 11 is 0. The maximum atomic E-state index is 5.58. The predicted octanol–water partition coefficient (Wildman–Crippen LogP) is 3.06. The Labute approximate surface area is 165 Å². The Kier molecular flexibility index (Phi) is 4.05. The summed E-state index contributed by atoms with van der Waals surface area (Å²) in [5, 5.41) is 0. The van der Waals surface area contributed by atoms with Crippen molar-refractivity contribution in [1.29, 1.82) is 0 Å². The number of nitrogens with zero attached hydrogens (tertiary/aromatic N) is 5. The molecule has 2 atom stereocenters. The number of hydrogen-bond acceptors (Lipinski definition) is 5. The van der Waals surface area contributed by atoms with Crippen molar-refractivity contribution in [3.8, 4) is 5.75 Å². The van der Waals surface area contributed by atoms with Gasteiger partial charge in [-0.3, -0.25) is 9.88 Å². The van der Waals surface area contributed by atoms with E-state index in [1.165, 1.54) is 17.5 Å². The number of aryl methyl sites for hydroxylation is 2. The van der Waals surface area contributed by atoms with Gasteiger partial charge in [0.05, 0.1) is 23.8 Å². The fourth-order valence-corrected chi connectivity index (χ4v) is 4.93. The average molecular weight is 377 g/mol. The molecule has 3 fully saturated rings. The van der Waals surface area contributed by atoms with Gasteiger partial charge in [-0.1, -0.05) is 12.1 Å². The van der Waals surface area contributed by atoms with Crippen molar-refractivity contribution < 1.29 is 4.74 Å². The van der Waals surface area contributed by atoms with E-state index in [0.29, 0.717) is 12.1 Å². The Bertz CT molecular complexity index is 1030. The molecule has 0 amide bonds. The van der Waals surface area contributed by atoms with Crippen molar-refractivity contribution in [2.24, 2.45) is 7.05 Å². The number of para-hydroxylation sites is 2. The quantitative estimate of drug-likeness (QED) is 0.699. The second-order valence-corrected chi connectivity index (χ2v) is 8.13. The Morgan fingerprint density at radius 2 is 1.89 bits per heavy atom. The number of pyridine rings is 1. The van der Waals surface area contributed by atoms with Crippen molar-refractivity contribution in [3.63, 3.8) is 0 Å². The van der Waals surface area contributed by atoms with Gasteiger partial charge in [-0.2, -0.15) is 0 Å². The zero-order valence-corrected chi connectivity index (χ0v) is 17.0. The highest BCUT2D eigenvalue weighted by Gasteiger charge is 2.45. The molecule has 3 aliphatic heterocycles. The molecule has 2 bridgehead atoms. The van der Waals surface area contributed by atoms with Crippen LogP contribution in [0.3, 0.4) is 0 Å². The summed E-state index contributed by atoms with van der Waals surface area (Å²) in [7, 11) is 3.86. The lowest BCUT2D eigenvalue weighted by Gasteiger charge is -2.56. The Balaban J connectivity index is 1.35. The molecule has 0 N–H and O–H groups in total. The fraction of sp³-hybridized carbons (Fsp3) is 0.455. The van der Waals surface area contributed by atoms with Gasteiger partial charge in [0.25, 0.3) is 0 Å². The van der Waals surface area contributed by atoms with E-state index in [1.54, 1.807) is 7.11 Å². The van der Waals surface area contributed by atoms with Crippen LogP contribution in [-0.2, 0) is 13.6 Å². The molecule has 6 nitrogen and oxygen atoms in total. The van der Waals surface area contributed by atoms with Gasteiger partial charge in [0.15, 0.2) is 0 Å². The second-order valence-electron chi connectivity index (χ2n) is 8.13. The van der Waals surface area contributed by atoms with Crippen LogP contribution in [0.15, 0.2) is 30.5 Å². The highest BCUT2D eigenvalue weighted by atomic mass is 16.5. The molecule has 1 aromatic carbocycles. The molecule has 28 heavy (non-hydrogen) atoms. The van der Waals surface area contributed by atoms with E-state index >= 15 is 0 Å². The minimum absolute atomic E-state index is 0.562. The molecule has 0 spiro atoms. The lowest BCUT2D eigenvalue weighted by atomic mass is 9.87. The van der Waals surface area contributed by atoms with Crippen LogP contribution in [0, 0.1) is 13.8 Å². The molecule has 2 unspecified atom stereocenters. The highest BCUT2D eigenvalue weighted by molar-refractivity contribution is 5.78. The van der Waals surface area contributed by atoms with E-state index in [1.807, 2.05) is 6.20 Å². The summed E-state index contributed by atoms with van der Waals surface area (Å²) < 4.78 is 7.81. The Morgan fingerprint density at radius 3 is 2.61 bits per heavy atom. The minimum Gasteiger partial charge on any atom is -0.496 e. The van der Waals surface area contributed by atoms with Gasteiger partial charge in [0.1, 0.15) is 5.75 Å². The molecule has 146 valence electrons. The molecular formula is C22H27N5O. The zero-order valence-electron chi connectivity index (χ0n) is 17.0. The highest BCUT2D eigenvalue weighted by Crippen LogP contribution is 2.37. The van der Waals surface area contributed by atoms with Crippen LogP contribution in [0.2, 0.25) is 0 Å².